The minimum absolute atomic E-state index is 0. The van der Waals surface area contributed by atoms with Crippen LogP contribution < -0.4 is 5.32 Å². The third-order valence-electron chi connectivity index (χ3n) is 5.64. The molecule has 4 fully saturated rings. The van der Waals surface area contributed by atoms with Gasteiger partial charge in [0.2, 0.25) is 0 Å². The second kappa shape index (κ2) is 9.53. The molecule has 0 aromatic carbocycles. The summed E-state index contributed by atoms with van der Waals surface area (Å²) in [5.41, 5.74) is 1.14. The molecule has 4 aliphatic heterocycles. The molecule has 0 radical (unpaired) electrons. The van der Waals surface area contributed by atoms with E-state index < -0.39 is 0 Å². The van der Waals surface area contributed by atoms with Gasteiger partial charge in [0.05, 0.1) is 25.9 Å². The van der Waals surface area contributed by atoms with Crippen LogP contribution in [-0.2, 0) is 11.8 Å². The van der Waals surface area contributed by atoms with E-state index in [2.05, 4.69) is 32.0 Å². The fraction of sp³-hybridized carbons (Fsp3) is 0.778. The molecule has 5 heterocycles. The van der Waals surface area contributed by atoms with Crippen molar-refractivity contribution in [3.8, 4) is 0 Å². The maximum absolute atomic E-state index is 5.98. The number of nitrogens with zero attached hydrogens (tertiary/aromatic N) is 6. The van der Waals surface area contributed by atoms with Crippen LogP contribution in [0, 0.1) is 0 Å². The van der Waals surface area contributed by atoms with Crippen LogP contribution in [0.4, 0.5) is 0 Å². The van der Waals surface area contributed by atoms with Gasteiger partial charge in [-0.25, -0.2) is 0 Å². The Hall–Kier alpha value is -0.910. The van der Waals surface area contributed by atoms with Gasteiger partial charge >= 0.3 is 0 Å². The molecule has 0 amide bonds. The van der Waals surface area contributed by atoms with E-state index in [0.29, 0.717) is 12.6 Å². The molecular weight excluding hydrogens is 457 g/mol. The summed E-state index contributed by atoms with van der Waals surface area (Å²) in [5, 5.41) is 7.76. The molecule has 2 atom stereocenters. The first kappa shape index (κ1) is 20.8. The number of ether oxygens (including phenoxy) is 1. The molecule has 1 N–H and O–H groups in total. The highest BCUT2D eigenvalue weighted by atomic mass is 127. The second-order valence-corrected chi connectivity index (χ2v) is 7.44. The maximum atomic E-state index is 5.98. The number of piperazine rings is 3. The first-order valence-corrected chi connectivity index (χ1v) is 9.82. The van der Waals surface area contributed by atoms with Crippen molar-refractivity contribution >= 4 is 29.9 Å². The fourth-order valence-corrected chi connectivity index (χ4v) is 4.17. The van der Waals surface area contributed by atoms with Gasteiger partial charge in [0, 0.05) is 70.7 Å². The number of fused-ring (bicyclic) bond motifs is 3. The smallest absolute Gasteiger partial charge is 0.194 e. The minimum atomic E-state index is 0. The summed E-state index contributed by atoms with van der Waals surface area (Å²) in [6.45, 7) is 12.3. The van der Waals surface area contributed by atoms with Crippen LogP contribution in [0.1, 0.15) is 18.6 Å². The number of aromatic nitrogens is 2. The van der Waals surface area contributed by atoms with Crippen molar-refractivity contribution < 1.29 is 4.74 Å². The highest BCUT2D eigenvalue weighted by Crippen LogP contribution is 2.22. The predicted molar refractivity (Wildman–Crippen MR) is 117 cm³/mol. The summed E-state index contributed by atoms with van der Waals surface area (Å²) >= 11 is 0. The van der Waals surface area contributed by atoms with Crippen molar-refractivity contribution in [3.05, 3.63) is 18.0 Å². The molecule has 152 valence electrons. The van der Waals surface area contributed by atoms with Crippen molar-refractivity contribution in [2.45, 2.75) is 19.1 Å². The van der Waals surface area contributed by atoms with Gasteiger partial charge in [-0.15, -0.1) is 24.0 Å². The number of aryl methyl sites for hydroxylation is 1. The second-order valence-electron chi connectivity index (χ2n) is 7.44. The van der Waals surface area contributed by atoms with Crippen LogP contribution in [0.3, 0.4) is 0 Å². The van der Waals surface area contributed by atoms with Crippen molar-refractivity contribution in [2.24, 2.45) is 12.0 Å². The van der Waals surface area contributed by atoms with Gasteiger partial charge in [0.25, 0.3) is 0 Å². The van der Waals surface area contributed by atoms with E-state index in [9.17, 15) is 0 Å². The van der Waals surface area contributed by atoms with Crippen LogP contribution >= 0.6 is 24.0 Å². The summed E-state index contributed by atoms with van der Waals surface area (Å²) in [6, 6.07) is 0.557. The Labute approximate surface area is 178 Å². The Morgan fingerprint density at radius 2 is 2.07 bits per heavy atom. The molecule has 8 nitrogen and oxygen atoms in total. The van der Waals surface area contributed by atoms with Gasteiger partial charge in [-0.1, -0.05) is 0 Å². The lowest BCUT2D eigenvalue weighted by Gasteiger charge is -2.47. The largest absolute Gasteiger partial charge is 0.370 e. The van der Waals surface area contributed by atoms with Gasteiger partial charge in [0.1, 0.15) is 6.10 Å². The monoisotopic (exact) mass is 489 g/mol. The Bertz CT molecular complexity index is 629. The Morgan fingerprint density at radius 1 is 1.26 bits per heavy atom. The van der Waals surface area contributed by atoms with Crippen molar-refractivity contribution in [2.75, 3.05) is 65.5 Å². The van der Waals surface area contributed by atoms with E-state index in [1.54, 1.807) is 0 Å². The topological polar surface area (TPSA) is 61.2 Å². The zero-order valence-electron chi connectivity index (χ0n) is 16.4. The first-order chi connectivity index (χ1) is 12.7. The van der Waals surface area contributed by atoms with Crippen molar-refractivity contribution in [1.29, 1.82) is 0 Å². The molecule has 0 saturated carbocycles. The van der Waals surface area contributed by atoms with Crippen LogP contribution in [-0.4, -0.2) is 102 Å². The molecule has 2 unspecified atom stereocenters. The molecule has 27 heavy (non-hydrogen) atoms. The molecule has 4 aliphatic rings. The summed E-state index contributed by atoms with van der Waals surface area (Å²) in [7, 11) is 1.94. The van der Waals surface area contributed by atoms with Crippen molar-refractivity contribution in [1.82, 2.24) is 29.8 Å². The summed E-state index contributed by atoms with van der Waals surface area (Å²) in [6.07, 6.45) is 4.00. The van der Waals surface area contributed by atoms with Crippen LogP contribution in [0.25, 0.3) is 0 Å². The number of guanidine groups is 1. The highest BCUT2D eigenvalue weighted by Gasteiger charge is 2.32. The van der Waals surface area contributed by atoms with E-state index in [0.717, 1.165) is 44.2 Å². The molecule has 0 aliphatic carbocycles. The van der Waals surface area contributed by atoms with Gasteiger partial charge in [-0.2, -0.15) is 5.10 Å². The standard InChI is InChI=1S/C18H31N7O.HI/c1-3-19-18(20-11-16-13-23-4-6-24(16)7-5-23)25-8-9-26-17(14-25)15-10-21-22(2)12-15;/h10,12,16-17H,3-9,11,13-14H2,1-2H3,(H,19,20);1H. The molecule has 5 rings (SSSR count). The molecular formula is C18H32IN7O. The number of hydrogen-bond donors (Lipinski definition) is 1. The number of morpholine rings is 1. The average Bonchev–Trinajstić information content (AvgIpc) is 3.13. The van der Waals surface area contributed by atoms with Crippen molar-refractivity contribution in [3.63, 3.8) is 0 Å². The quantitative estimate of drug-likeness (QED) is 0.375. The Balaban J connectivity index is 0.00000210. The van der Waals surface area contributed by atoms with E-state index >= 15 is 0 Å². The summed E-state index contributed by atoms with van der Waals surface area (Å²) < 4.78 is 7.81. The van der Waals surface area contributed by atoms with E-state index in [-0.39, 0.29) is 30.1 Å². The average molecular weight is 489 g/mol. The van der Waals surface area contributed by atoms with Crippen LogP contribution in [0.2, 0.25) is 0 Å². The zero-order valence-corrected chi connectivity index (χ0v) is 18.7. The third-order valence-corrected chi connectivity index (χ3v) is 5.64. The first-order valence-electron chi connectivity index (χ1n) is 9.82. The number of halogens is 1. The fourth-order valence-electron chi connectivity index (χ4n) is 4.17. The van der Waals surface area contributed by atoms with E-state index in [4.69, 9.17) is 9.73 Å². The molecule has 9 heteroatoms. The Kier molecular flexibility index (Phi) is 7.35. The molecule has 0 spiro atoms. The minimum Gasteiger partial charge on any atom is -0.370 e. The molecule has 4 saturated heterocycles. The maximum Gasteiger partial charge on any atom is 0.194 e. The molecule has 2 bridgehead atoms. The zero-order chi connectivity index (χ0) is 17.9. The SMILES string of the molecule is CCNC(=NCC1CN2CCN1CC2)N1CCOC(c2cnn(C)c2)C1.I. The number of rotatable bonds is 4. The molecule has 1 aromatic heterocycles. The number of hydrogen-bond acceptors (Lipinski definition) is 5. The number of aliphatic imine (C=N–C) groups is 1. The van der Waals surface area contributed by atoms with Crippen LogP contribution in [0.5, 0.6) is 0 Å². The van der Waals surface area contributed by atoms with Gasteiger partial charge in [-0.05, 0) is 6.92 Å². The van der Waals surface area contributed by atoms with Gasteiger partial charge in [0.15, 0.2) is 5.96 Å². The highest BCUT2D eigenvalue weighted by molar-refractivity contribution is 14.0. The summed E-state index contributed by atoms with van der Waals surface area (Å²) in [5.74, 6) is 1.02. The number of nitrogens with one attached hydrogen (secondary N) is 1. The van der Waals surface area contributed by atoms with Gasteiger partial charge in [-0.3, -0.25) is 19.5 Å². The lowest BCUT2D eigenvalue weighted by molar-refractivity contribution is -0.00839. The molecule has 1 aromatic rings. The predicted octanol–water partition coefficient (Wildman–Crippen LogP) is 0.377. The normalized spacial score (nSPS) is 30.9. The lowest BCUT2D eigenvalue weighted by atomic mass is 10.1. The van der Waals surface area contributed by atoms with Crippen LogP contribution in [0.15, 0.2) is 17.4 Å². The van der Waals surface area contributed by atoms with Gasteiger partial charge < -0.3 is 15.0 Å². The Morgan fingerprint density at radius 3 is 2.70 bits per heavy atom. The third kappa shape index (κ3) is 4.93. The lowest BCUT2D eigenvalue weighted by Crippen LogP contribution is -2.62. The van der Waals surface area contributed by atoms with E-state index in [1.165, 1.54) is 26.2 Å². The summed E-state index contributed by atoms with van der Waals surface area (Å²) in [4.78, 5) is 12.5. The van der Waals surface area contributed by atoms with E-state index in [1.807, 2.05) is 24.1 Å².